The Balaban J connectivity index is 1.68. The molecule has 0 unspecified atom stereocenters. The summed E-state index contributed by atoms with van der Waals surface area (Å²) in [5.74, 6) is 0.0133. The number of fused-ring (bicyclic) bond motifs is 2. The molecule has 0 saturated carbocycles. The van der Waals surface area contributed by atoms with Gasteiger partial charge < -0.3 is 10.4 Å². The average molecular weight is 353 g/mol. The number of benzene rings is 4. The topological polar surface area (TPSA) is 49.3 Å². The molecule has 0 aliphatic rings. The molecule has 0 aromatic heterocycles. The van der Waals surface area contributed by atoms with Crippen LogP contribution in [0.25, 0.3) is 27.1 Å². The van der Waals surface area contributed by atoms with Gasteiger partial charge in [-0.05, 0) is 53.6 Å². The number of amides is 1. The lowest BCUT2D eigenvalue weighted by Crippen LogP contribution is -2.12. The summed E-state index contributed by atoms with van der Waals surface area (Å²) in [5.41, 5.74) is 3.36. The molecule has 0 heterocycles. The number of aromatic hydroxyl groups is 1. The molecule has 4 aromatic carbocycles. The van der Waals surface area contributed by atoms with Crippen LogP contribution in [0.15, 0.2) is 79.4 Å². The first-order valence-corrected chi connectivity index (χ1v) is 8.75. The molecule has 0 atom stereocenters. The van der Waals surface area contributed by atoms with Crippen LogP contribution < -0.4 is 5.32 Å². The van der Waals surface area contributed by atoms with E-state index >= 15 is 0 Å². The highest BCUT2D eigenvalue weighted by molar-refractivity contribution is 6.11. The van der Waals surface area contributed by atoms with Gasteiger partial charge in [-0.2, -0.15) is 0 Å². The molecule has 3 heteroatoms. The lowest BCUT2D eigenvalue weighted by atomic mass is 10.0. The lowest BCUT2D eigenvalue weighted by molar-refractivity contribution is 0.102. The zero-order chi connectivity index (χ0) is 19.0. The van der Waals surface area contributed by atoms with E-state index in [1.807, 2.05) is 61.5 Å². The summed E-state index contributed by atoms with van der Waals surface area (Å²) >= 11 is 0. The van der Waals surface area contributed by atoms with Crippen molar-refractivity contribution in [2.75, 3.05) is 5.32 Å². The van der Waals surface area contributed by atoms with Crippen LogP contribution in [0.5, 0.6) is 5.75 Å². The minimum Gasteiger partial charge on any atom is -0.507 e. The maximum Gasteiger partial charge on any atom is 0.255 e. The first-order valence-electron chi connectivity index (χ1n) is 8.75. The highest BCUT2D eigenvalue weighted by Gasteiger charge is 2.11. The molecule has 1 amide bonds. The van der Waals surface area contributed by atoms with E-state index in [9.17, 15) is 9.90 Å². The number of phenolic OH excluding ortho intramolecular Hbond substituents is 1. The summed E-state index contributed by atoms with van der Waals surface area (Å²) in [4.78, 5) is 12.8. The summed E-state index contributed by atoms with van der Waals surface area (Å²) in [7, 11) is 0. The smallest absolute Gasteiger partial charge is 0.255 e. The number of phenols is 1. The van der Waals surface area contributed by atoms with Crippen LogP contribution in [0.4, 0.5) is 5.69 Å². The Labute approximate surface area is 157 Å². The van der Waals surface area contributed by atoms with Crippen LogP contribution in [0, 0.1) is 0 Å². The van der Waals surface area contributed by atoms with Crippen molar-refractivity contribution >= 4 is 38.7 Å². The van der Waals surface area contributed by atoms with E-state index in [2.05, 4.69) is 18.0 Å². The van der Waals surface area contributed by atoms with Crippen molar-refractivity contribution in [3.8, 4) is 5.75 Å². The van der Waals surface area contributed by atoms with E-state index in [0.717, 1.165) is 27.3 Å². The van der Waals surface area contributed by atoms with Crippen LogP contribution in [0.1, 0.15) is 22.8 Å². The highest BCUT2D eigenvalue weighted by Crippen LogP contribution is 2.31. The van der Waals surface area contributed by atoms with Crippen LogP contribution in [0.2, 0.25) is 0 Å². The first kappa shape index (κ1) is 16.9. The molecule has 0 radical (unpaired) electrons. The predicted molar refractivity (Wildman–Crippen MR) is 112 cm³/mol. The van der Waals surface area contributed by atoms with Gasteiger partial charge in [-0.25, -0.2) is 0 Å². The Morgan fingerprint density at radius 3 is 2.19 bits per heavy atom. The third-order valence-corrected chi connectivity index (χ3v) is 4.74. The van der Waals surface area contributed by atoms with E-state index in [1.54, 1.807) is 12.1 Å². The Morgan fingerprint density at radius 2 is 1.48 bits per heavy atom. The Morgan fingerprint density at radius 1 is 0.852 bits per heavy atom. The van der Waals surface area contributed by atoms with Gasteiger partial charge in [0.2, 0.25) is 0 Å². The molecule has 132 valence electrons. The van der Waals surface area contributed by atoms with Crippen LogP contribution in [-0.2, 0) is 0 Å². The first-order chi connectivity index (χ1) is 13.0. The molecule has 0 fully saturated rings. The van der Waals surface area contributed by atoms with Gasteiger partial charge in [0, 0.05) is 22.0 Å². The average Bonchev–Trinajstić information content (AvgIpc) is 2.69. The lowest BCUT2D eigenvalue weighted by Gasteiger charge is -2.11. The van der Waals surface area contributed by atoms with E-state index in [0.29, 0.717) is 16.6 Å². The molecule has 0 bridgehead atoms. The third kappa shape index (κ3) is 3.15. The van der Waals surface area contributed by atoms with Crippen molar-refractivity contribution in [2.24, 2.45) is 0 Å². The number of hydrogen-bond donors (Lipinski definition) is 2. The molecule has 4 aromatic rings. The largest absolute Gasteiger partial charge is 0.507 e. The molecule has 0 aliphatic heterocycles. The number of rotatable bonds is 3. The molecular weight excluding hydrogens is 334 g/mol. The molecular formula is C24H19NO2. The molecule has 0 saturated heterocycles. The van der Waals surface area contributed by atoms with Crippen molar-refractivity contribution in [3.05, 3.63) is 90.5 Å². The number of carbonyl (C=O) groups is 1. The normalized spacial score (nSPS) is 10.9. The third-order valence-electron chi connectivity index (χ3n) is 4.74. The van der Waals surface area contributed by atoms with Crippen molar-refractivity contribution in [3.63, 3.8) is 0 Å². The minimum atomic E-state index is -0.184. The van der Waals surface area contributed by atoms with E-state index in [-0.39, 0.29) is 11.7 Å². The maximum atomic E-state index is 12.8. The fourth-order valence-corrected chi connectivity index (χ4v) is 3.24. The number of hydrogen-bond acceptors (Lipinski definition) is 2. The van der Waals surface area contributed by atoms with E-state index in [1.165, 1.54) is 0 Å². The second-order valence-corrected chi connectivity index (χ2v) is 6.69. The molecule has 4 rings (SSSR count). The second-order valence-electron chi connectivity index (χ2n) is 6.69. The number of nitrogens with one attached hydrogen (secondary N) is 1. The Bertz CT molecular complexity index is 1210. The van der Waals surface area contributed by atoms with E-state index in [4.69, 9.17) is 0 Å². The second kappa shape index (κ2) is 6.61. The fourth-order valence-electron chi connectivity index (χ4n) is 3.24. The van der Waals surface area contributed by atoms with Crippen molar-refractivity contribution < 1.29 is 9.90 Å². The van der Waals surface area contributed by atoms with Crippen molar-refractivity contribution in [2.45, 2.75) is 6.92 Å². The van der Waals surface area contributed by atoms with Crippen LogP contribution in [-0.4, -0.2) is 11.0 Å². The van der Waals surface area contributed by atoms with Crippen LogP contribution in [0.3, 0.4) is 0 Å². The van der Waals surface area contributed by atoms with Crippen molar-refractivity contribution in [1.29, 1.82) is 0 Å². The highest BCUT2D eigenvalue weighted by atomic mass is 16.3. The quantitative estimate of drug-likeness (QED) is 0.445. The van der Waals surface area contributed by atoms with Gasteiger partial charge in [-0.15, -0.1) is 0 Å². The zero-order valence-corrected chi connectivity index (χ0v) is 15.0. The summed E-state index contributed by atoms with van der Waals surface area (Å²) in [5, 5.41) is 16.6. The summed E-state index contributed by atoms with van der Waals surface area (Å²) in [6.07, 6.45) is 0. The summed E-state index contributed by atoms with van der Waals surface area (Å²) < 4.78 is 0. The standard InChI is InChI=1S/C24H19NO2/c1-15(2)16-7-8-18-14-19(10-9-17(18)13-16)24(27)25-22-11-12-23(26)21-6-4-3-5-20(21)22/h3-14,26H,1H2,2H3,(H,25,27). The fraction of sp³-hybridized carbons (Fsp3) is 0.0417. The van der Waals surface area contributed by atoms with Gasteiger partial charge >= 0.3 is 0 Å². The van der Waals surface area contributed by atoms with Gasteiger partial charge in [-0.3, -0.25) is 4.79 Å². The Hall–Kier alpha value is -3.59. The van der Waals surface area contributed by atoms with Gasteiger partial charge in [0.25, 0.3) is 5.91 Å². The van der Waals surface area contributed by atoms with Gasteiger partial charge in [-0.1, -0.05) is 54.6 Å². The zero-order valence-electron chi connectivity index (χ0n) is 15.0. The number of allylic oxidation sites excluding steroid dienone is 1. The van der Waals surface area contributed by atoms with Gasteiger partial charge in [0.15, 0.2) is 0 Å². The van der Waals surface area contributed by atoms with Crippen molar-refractivity contribution in [1.82, 2.24) is 0 Å². The summed E-state index contributed by atoms with van der Waals surface area (Å²) in [6.45, 7) is 5.95. The monoisotopic (exact) mass is 353 g/mol. The van der Waals surface area contributed by atoms with Crippen LogP contribution >= 0.6 is 0 Å². The van der Waals surface area contributed by atoms with E-state index < -0.39 is 0 Å². The summed E-state index contributed by atoms with van der Waals surface area (Å²) in [6, 6.07) is 22.5. The van der Waals surface area contributed by atoms with Gasteiger partial charge in [0.1, 0.15) is 5.75 Å². The molecule has 0 spiro atoms. The molecule has 3 nitrogen and oxygen atoms in total. The molecule has 2 N–H and O–H groups in total. The maximum absolute atomic E-state index is 12.8. The Kier molecular flexibility index (Phi) is 4.13. The number of carbonyl (C=O) groups excluding carboxylic acids is 1. The SMILES string of the molecule is C=C(C)c1ccc2cc(C(=O)Nc3ccc(O)c4ccccc34)ccc2c1. The molecule has 0 aliphatic carbocycles. The van der Waals surface area contributed by atoms with Gasteiger partial charge in [0.05, 0.1) is 0 Å². The minimum absolute atomic E-state index is 0.184. The number of anilines is 1. The predicted octanol–water partition coefficient (Wildman–Crippen LogP) is 5.98. The molecule has 27 heavy (non-hydrogen) atoms.